The molecule has 8 heteroatoms. The summed E-state index contributed by atoms with van der Waals surface area (Å²) >= 11 is 5.89. The Labute approximate surface area is 186 Å². The molecule has 0 saturated carbocycles. The van der Waals surface area contributed by atoms with E-state index >= 15 is 0 Å². The molecule has 7 nitrogen and oxygen atoms in total. The molecule has 1 heterocycles. The second kappa shape index (κ2) is 10.2. The predicted molar refractivity (Wildman–Crippen MR) is 119 cm³/mol. The molecule has 1 atom stereocenters. The molecule has 0 aliphatic rings. The lowest BCUT2D eigenvalue weighted by Crippen LogP contribution is -2.50. The highest BCUT2D eigenvalue weighted by Gasteiger charge is 2.24. The lowest BCUT2D eigenvalue weighted by Gasteiger charge is -2.21. The number of carbonyl (C=O) groups is 2. The van der Waals surface area contributed by atoms with E-state index in [2.05, 4.69) is 20.8 Å². The van der Waals surface area contributed by atoms with Crippen LogP contribution in [-0.2, 0) is 11.2 Å². The summed E-state index contributed by atoms with van der Waals surface area (Å²) in [4.78, 5) is 29.5. The van der Waals surface area contributed by atoms with Gasteiger partial charge in [-0.1, -0.05) is 48.3 Å². The second-order valence-corrected chi connectivity index (χ2v) is 8.06. The molecule has 1 unspecified atom stereocenters. The Kier molecular flexibility index (Phi) is 7.41. The maximum atomic E-state index is 12.6. The number of amides is 2. The normalized spacial score (nSPS) is 11.9. The first kappa shape index (κ1) is 22.5. The van der Waals surface area contributed by atoms with Gasteiger partial charge in [-0.15, -0.1) is 0 Å². The van der Waals surface area contributed by atoms with Gasteiger partial charge in [0.15, 0.2) is 0 Å². The molecule has 0 spiro atoms. The maximum Gasteiger partial charge on any atom is 0.251 e. The summed E-state index contributed by atoms with van der Waals surface area (Å²) in [5.41, 5.74) is 2.38. The Morgan fingerprint density at radius 2 is 1.74 bits per heavy atom. The minimum Gasteiger partial charge on any atom is -0.354 e. The van der Waals surface area contributed by atoms with Crippen LogP contribution >= 0.6 is 11.6 Å². The number of carbonyl (C=O) groups excluding carboxylic acids is 2. The molecule has 0 radical (unpaired) electrons. The average Bonchev–Trinajstić information content (AvgIpc) is 3.21. The summed E-state index contributed by atoms with van der Waals surface area (Å²) in [5.74, 6) is 0.263. The highest BCUT2D eigenvalue weighted by Crippen LogP contribution is 2.18. The molecule has 0 aliphatic carbocycles. The molecule has 3 aromatic rings. The maximum absolute atomic E-state index is 12.6. The Balaban J connectivity index is 1.54. The number of rotatable bonds is 8. The summed E-state index contributed by atoms with van der Waals surface area (Å²) < 4.78 is 5.26. The fourth-order valence-electron chi connectivity index (χ4n) is 2.94. The summed E-state index contributed by atoms with van der Waals surface area (Å²) in [6, 6.07) is 13.7. The molecule has 0 fully saturated rings. The van der Waals surface area contributed by atoms with Crippen molar-refractivity contribution in [2.24, 2.45) is 5.92 Å². The first-order valence-electron chi connectivity index (χ1n) is 10.1. The fourth-order valence-corrected chi connectivity index (χ4v) is 3.07. The Morgan fingerprint density at radius 1 is 1.06 bits per heavy atom. The summed E-state index contributed by atoms with van der Waals surface area (Å²) in [5, 5.41) is 10.2. The van der Waals surface area contributed by atoms with Crippen molar-refractivity contribution in [2.45, 2.75) is 33.2 Å². The van der Waals surface area contributed by atoms with Crippen LogP contribution in [0.15, 0.2) is 53.1 Å². The van der Waals surface area contributed by atoms with E-state index in [1.165, 1.54) is 0 Å². The van der Waals surface area contributed by atoms with Crippen LogP contribution in [0.5, 0.6) is 0 Å². The molecular weight excluding hydrogens is 416 g/mol. The van der Waals surface area contributed by atoms with Crippen molar-refractivity contribution >= 4 is 23.4 Å². The largest absolute Gasteiger partial charge is 0.354 e. The van der Waals surface area contributed by atoms with Crippen molar-refractivity contribution in [2.75, 3.05) is 6.54 Å². The molecule has 0 bridgehead atoms. The lowest BCUT2D eigenvalue weighted by molar-refractivity contribution is -0.123. The quantitative estimate of drug-likeness (QED) is 0.555. The number of hydrogen-bond acceptors (Lipinski definition) is 5. The van der Waals surface area contributed by atoms with Crippen molar-refractivity contribution < 1.29 is 14.1 Å². The van der Waals surface area contributed by atoms with Gasteiger partial charge in [0.2, 0.25) is 17.6 Å². The van der Waals surface area contributed by atoms with Crippen molar-refractivity contribution in [3.63, 3.8) is 0 Å². The Hall–Kier alpha value is -3.19. The van der Waals surface area contributed by atoms with Gasteiger partial charge in [0.05, 0.1) is 0 Å². The molecule has 31 heavy (non-hydrogen) atoms. The SMILES string of the molecule is Cc1ccc(C(=O)NC(C(=O)NCCc2nc(-c3ccc(Cl)cc3)no2)C(C)C)cc1. The molecule has 2 amide bonds. The van der Waals surface area contributed by atoms with Gasteiger partial charge >= 0.3 is 0 Å². The molecule has 2 aromatic carbocycles. The van der Waals surface area contributed by atoms with E-state index in [1.807, 2.05) is 45.0 Å². The molecule has 162 valence electrons. The number of aromatic nitrogens is 2. The Bertz CT molecular complexity index is 1030. The molecular formula is C23H25ClN4O3. The van der Waals surface area contributed by atoms with Gasteiger partial charge in [-0.05, 0) is 49.2 Å². The summed E-state index contributed by atoms with van der Waals surface area (Å²) in [7, 11) is 0. The second-order valence-electron chi connectivity index (χ2n) is 7.62. The van der Waals surface area contributed by atoms with Gasteiger partial charge in [-0.3, -0.25) is 9.59 Å². The zero-order valence-corrected chi connectivity index (χ0v) is 18.4. The first-order valence-corrected chi connectivity index (χ1v) is 10.4. The van der Waals surface area contributed by atoms with E-state index < -0.39 is 6.04 Å². The third-order valence-corrected chi connectivity index (χ3v) is 5.01. The molecule has 0 aliphatic heterocycles. The van der Waals surface area contributed by atoms with Gasteiger partial charge in [0, 0.05) is 29.1 Å². The number of aryl methyl sites for hydroxylation is 1. The third kappa shape index (κ3) is 6.15. The van der Waals surface area contributed by atoms with Gasteiger partial charge in [0.25, 0.3) is 5.91 Å². The van der Waals surface area contributed by atoms with Crippen LogP contribution in [0, 0.1) is 12.8 Å². The topological polar surface area (TPSA) is 97.1 Å². The highest BCUT2D eigenvalue weighted by molar-refractivity contribution is 6.30. The third-order valence-electron chi connectivity index (χ3n) is 4.76. The van der Waals surface area contributed by atoms with E-state index in [-0.39, 0.29) is 17.7 Å². The van der Waals surface area contributed by atoms with E-state index in [0.717, 1.165) is 11.1 Å². The summed E-state index contributed by atoms with van der Waals surface area (Å²) in [6.07, 6.45) is 0.378. The lowest BCUT2D eigenvalue weighted by atomic mass is 10.0. The molecule has 1 aromatic heterocycles. The fraction of sp³-hybridized carbons (Fsp3) is 0.304. The number of hydrogen-bond donors (Lipinski definition) is 2. The Morgan fingerprint density at radius 3 is 2.39 bits per heavy atom. The van der Waals surface area contributed by atoms with E-state index in [1.54, 1.807) is 24.3 Å². The van der Waals surface area contributed by atoms with Gasteiger partial charge in [-0.25, -0.2) is 0 Å². The molecule has 2 N–H and O–H groups in total. The van der Waals surface area contributed by atoms with Crippen LogP contribution in [0.4, 0.5) is 0 Å². The predicted octanol–water partition coefficient (Wildman–Crippen LogP) is 3.81. The summed E-state index contributed by atoms with van der Waals surface area (Å²) in [6.45, 7) is 6.03. The van der Waals surface area contributed by atoms with Crippen LogP contribution in [-0.4, -0.2) is 34.5 Å². The smallest absolute Gasteiger partial charge is 0.251 e. The zero-order valence-electron chi connectivity index (χ0n) is 17.7. The van der Waals surface area contributed by atoms with E-state index in [0.29, 0.717) is 35.3 Å². The first-order chi connectivity index (χ1) is 14.8. The van der Waals surface area contributed by atoms with E-state index in [4.69, 9.17) is 16.1 Å². The van der Waals surface area contributed by atoms with Gasteiger partial charge < -0.3 is 15.2 Å². The minimum atomic E-state index is -0.652. The van der Waals surface area contributed by atoms with Crippen LogP contribution in [0.1, 0.15) is 35.7 Å². The van der Waals surface area contributed by atoms with Crippen LogP contribution in [0.25, 0.3) is 11.4 Å². The van der Waals surface area contributed by atoms with Crippen molar-refractivity contribution in [1.29, 1.82) is 0 Å². The van der Waals surface area contributed by atoms with Gasteiger partial charge in [-0.2, -0.15) is 4.98 Å². The number of nitrogens with zero attached hydrogens (tertiary/aromatic N) is 2. The molecule has 0 saturated heterocycles. The number of nitrogens with one attached hydrogen (secondary N) is 2. The van der Waals surface area contributed by atoms with Crippen LogP contribution in [0.3, 0.4) is 0 Å². The van der Waals surface area contributed by atoms with Crippen molar-refractivity contribution in [1.82, 2.24) is 20.8 Å². The minimum absolute atomic E-state index is 0.0747. The van der Waals surface area contributed by atoms with Crippen LogP contribution in [0.2, 0.25) is 5.02 Å². The van der Waals surface area contributed by atoms with Crippen LogP contribution < -0.4 is 10.6 Å². The zero-order chi connectivity index (χ0) is 22.4. The van der Waals surface area contributed by atoms with Gasteiger partial charge in [0.1, 0.15) is 6.04 Å². The molecule has 3 rings (SSSR count). The van der Waals surface area contributed by atoms with E-state index in [9.17, 15) is 9.59 Å². The number of halogens is 1. The number of benzene rings is 2. The van der Waals surface area contributed by atoms with Crippen molar-refractivity contribution in [3.05, 3.63) is 70.6 Å². The highest BCUT2D eigenvalue weighted by atomic mass is 35.5. The standard InChI is InChI=1S/C23H25ClN4O3/c1-14(2)20(27-22(29)17-6-4-15(3)5-7-17)23(30)25-13-12-19-26-21(28-31-19)16-8-10-18(24)11-9-16/h4-11,14,20H,12-13H2,1-3H3,(H,25,30)(H,27,29). The monoisotopic (exact) mass is 440 g/mol. The average molecular weight is 441 g/mol. The van der Waals surface area contributed by atoms with Crippen molar-refractivity contribution in [3.8, 4) is 11.4 Å².